The highest BCUT2D eigenvalue weighted by atomic mass is 15.2. The zero-order valence-electron chi connectivity index (χ0n) is 13.5. The summed E-state index contributed by atoms with van der Waals surface area (Å²) in [5.74, 6) is 2.89. The Hall–Kier alpha value is -1.32. The van der Waals surface area contributed by atoms with E-state index >= 15 is 0 Å². The number of nitrogens with one attached hydrogen (secondary N) is 1. The molecule has 0 unspecified atom stereocenters. The minimum atomic E-state index is -0.0420. The van der Waals surface area contributed by atoms with Crippen LogP contribution in [0.15, 0.2) is 0 Å². The first kappa shape index (κ1) is 15.7. The Morgan fingerprint density at radius 2 is 1.79 bits per heavy atom. The molecule has 0 spiro atoms. The number of rotatable bonds is 5. The highest BCUT2D eigenvalue weighted by molar-refractivity contribution is 5.58. The maximum Gasteiger partial charge on any atom is 0.138 e. The Bertz CT molecular complexity index is 421. The molecule has 0 aliphatic carbocycles. The van der Waals surface area contributed by atoms with E-state index in [0.717, 1.165) is 42.5 Å². The quantitative estimate of drug-likeness (QED) is 0.885. The van der Waals surface area contributed by atoms with Crippen molar-refractivity contribution in [3.05, 3.63) is 11.4 Å². The van der Waals surface area contributed by atoms with E-state index in [-0.39, 0.29) is 5.41 Å². The first-order valence-corrected chi connectivity index (χ1v) is 7.15. The lowest BCUT2D eigenvalue weighted by Gasteiger charge is -2.25. The summed E-state index contributed by atoms with van der Waals surface area (Å²) in [6, 6.07) is 0. The number of aromatic nitrogens is 2. The third kappa shape index (κ3) is 3.82. The summed E-state index contributed by atoms with van der Waals surface area (Å²) in [6.07, 6.45) is 1.11. The molecular weight excluding hydrogens is 236 g/mol. The summed E-state index contributed by atoms with van der Waals surface area (Å²) in [6.45, 7) is 14.7. The van der Waals surface area contributed by atoms with Gasteiger partial charge in [0.1, 0.15) is 17.5 Å². The summed E-state index contributed by atoms with van der Waals surface area (Å²) in [5, 5.41) is 3.35. The zero-order valence-corrected chi connectivity index (χ0v) is 13.5. The fourth-order valence-electron chi connectivity index (χ4n) is 1.99. The third-order valence-electron chi connectivity index (χ3n) is 3.06. The second-order valence-electron chi connectivity index (χ2n) is 6.05. The molecule has 0 saturated heterocycles. The van der Waals surface area contributed by atoms with Gasteiger partial charge in [0.25, 0.3) is 0 Å². The average Bonchev–Trinajstić information content (AvgIpc) is 2.30. The summed E-state index contributed by atoms with van der Waals surface area (Å²) in [4.78, 5) is 11.7. The van der Waals surface area contributed by atoms with Crippen molar-refractivity contribution in [2.24, 2.45) is 0 Å². The minimum absolute atomic E-state index is 0.0420. The van der Waals surface area contributed by atoms with Crippen LogP contribution in [-0.2, 0) is 5.41 Å². The monoisotopic (exact) mass is 264 g/mol. The maximum atomic E-state index is 4.78. The Balaban J connectivity index is 3.31. The van der Waals surface area contributed by atoms with Gasteiger partial charge in [-0.15, -0.1) is 0 Å². The Kier molecular flexibility index (Phi) is 5.15. The molecule has 4 heteroatoms. The van der Waals surface area contributed by atoms with Crippen molar-refractivity contribution in [1.29, 1.82) is 0 Å². The first-order chi connectivity index (χ1) is 8.81. The van der Waals surface area contributed by atoms with Crippen LogP contribution in [0.1, 0.15) is 52.4 Å². The second-order valence-corrected chi connectivity index (χ2v) is 6.05. The molecule has 0 atom stereocenters. The van der Waals surface area contributed by atoms with Gasteiger partial charge in [-0.3, -0.25) is 0 Å². The standard InChI is InChI=1S/C15H28N4/c1-8-10-19(7)13-11(3)12(16-9-2)17-14(18-13)15(4,5)6/h8-10H2,1-7H3,(H,16,17,18). The van der Waals surface area contributed by atoms with Crippen LogP contribution < -0.4 is 10.2 Å². The molecule has 1 aromatic heterocycles. The van der Waals surface area contributed by atoms with Gasteiger partial charge in [-0.25, -0.2) is 9.97 Å². The van der Waals surface area contributed by atoms with Crippen LogP contribution in [0.25, 0.3) is 0 Å². The van der Waals surface area contributed by atoms with E-state index in [4.69, 9.17) is 4.98 Å². The molecular formula is C15H28N4. The van der Waals surface area contributed by atoms with E-state index in [1.54, 1.807) is 0 Å². The summed E-state index contributed by atoms with van der Waals surface area (Å²) in [7, 11) is 2.10. The Morgan fingerprint density at radius 1 is 1.16 bits per heavy atom. The van der Waals surface area contributed by atoms with Crippen molar-refractivity contribution < 1.29 is 0 Å². The molecule has 1 heterocycles. The van der Waals surface area contributed by atoms with Gasteiger partial charge in [0.15, 0.2) is 0 Å². The number of nitrogens with zero attached hydrogens (tertiary/aromatic N) is 3. The van der Waals surface area contributed by atoms with E-state index < -0.39 is 0 Å². The molecule has 0 saturated carbocycles. The van der Waals surface area contributed by atoms with E-state index in [1.807, 2.05) is 0 Å². The van der Waals surface area contributed by atoms with Gasteiger partial charge in [0.2, 0.25) is 0 Å². The molecule has 0 aliphatic heterocycles. The molecule has 1 aromatic rings. The van der Waals surface area contributed by atoms with E-state index in [9.17, 15) is 0 Å². The molecule has 0 fully saturated rings. The molecule has 0 radical (unpaired) electrons. The van der Waals surface area contributed by atoms with Crippen molar-refractivity contribution in [3.63, 3.8) is 0 Å². The third-order valence-corrected chi connectivity index (χ3v) is 3.06. The molecule has 4 nitrogen and oxygen atoms in total. The summed E-state index contributed by atoms with van der Waals surface area (Å²) < 4.78 is 0. The fourth-order valence-corrected chi connectivity index (χ4v) is 1.99. The van der Waals surface area contributed by atoms with Crippen LogP contribution in [-0.4, -0.2) is 30.1 Å². The number of hydrogen-bond acceptors (Lipinski definition) is 4. The van der Waals surface area contributed by atoms with Crippen LogP contribution in [0.3, 0.4) is 0 Å². The lowest BCUT2D eigenvalue weighted by molar-refractivity contribution is 0.544. The molecule has 0 aliphatic rings. The van der Waals surface area contributed by atoms with Crippen LogP contribution in [0.5, 0.6) is 0 Å². The van der Waals surface area contributed by atoms with Gasteiger partial charge < -0.3 is 10.2 Å². The topological polar surface area (TPSA) is 41.1 Å². The SMILES string of the molecule is CCCN(C)c1nc(C(C)(C)C)nc(NCC)c1C. The Morgan fingerprint density at radius 3 is 2.26 bits per heavy atom. The van der Waals surface area contributed by atoms with Crippen LogP contribution >= 0.6 is 0 Å². The molecule has 0 bridgehead atoms. The normalized spacial score (nSPS) is 11.5. The molecule has 19 heavy (non-hydrogen) atoms. The molecule has 108 valence electrons. The van der Waals surface area contributed by atoms with E-state index in [1.165, 1.54) is 0 Å². The lowest BCUT2D eigenvalue weighted by Crippen LogP contribution is -2.25. The first-order valence-electron chi connectivity index (χ1n) is 7.15. The van der Waals surface area contributed by atoms with Gasteiger partial charge in [0.05, 0.1) is 0 Å². The Labute approximate surface area is 117 Å². The largest absolute Gasteiger partial charge is 0.370 e. The maximum absolute atomic E-state index is 4.78. The van der Waals surface area contributed by atoms with Crippen molar-refractivity contribution in [2.45, 2.75) is 53.4 Å². The highest BCUT2D eigenvalue weighted by Gasteiger charge is 2.22. The summed E-state index contributed by atoms with van der Waals surface area (Å²) in [5.41, 5.74) is 1.09. The van der Waals surface area contributed by atoms with Crippen LogP contribution in [0.2, 0.25) is 0 Å². The summed E-state index contributed by atoms with van der Waals surface area (Å²) >= 11 is 0. The number of anilines is 2. The van der Waals surface area contributed by atoms with Crippen molar-refractivity contribution in [3.8, 4) is 0 Å². The van der Waals surface area contributed by atoms with Crippen molar-refractivity contribution in [2.75, 3.05) is 30.4 Å². The number of hydrogen-bond donors (Lipinski definition) is 1. The zero-order chi connectivity index (χ0) is 14.6. The van der Waals surface area contributed by atoms with Crippen molar-refractivity contribution in [1.82, 2.24) is 9.97 Å². The van der Waals surface area contributed by atoms with Gasteiger partial charge >= 0.3 is 0 Å². The van der Waals surface area contributed by atoms with Crippen LogP contribution in [0.4, 0.5) is 11.6 Å². The van der Waals surface area contributed by atoms with Gasteiger partial charge in [0, 0.05) is 31.1 Å². The highest BCUT2D eigenvalue weighted by Crippen LogP contribution is 2.27. The molecule has 1 rings (SSSR count). The minimum Gasteiger partial charge on any atom is -0.370 e. The van der Waals surface area contributed by atoms with E-state index in [0.29, 0.717) is 0 Å². The van der Waals surface area contributed by atoms with Crippen molar-refractivity contribution >= 4 is 11.6 Å². The predicted molar refractivity (Wildman–Crippen MR) is 83.2 cm³/mol. The predicted octanol–water partition coefficient (Wildman–Crippen LogP) is 3.36. The second kappa shape index (κ2) is 6.22. The molecule has 0 amide bonds. The average molecular weight is 264 g/mol. The van der Waals surface area contributed by atoms with E-state index in [2.05, 4.69) is 63.8 Å². The smallest absolute Gasteiger partial charge is 0.138 e. The lowest BCUT2D eigenvalue weighted by atomic mass is 9.95. The van der Waals surface area contributed by atoms with Crippen LogP contribution in [0, 0.1) is 6.92 Å². The molecule has 1 N–H and O–H groups in total. The van der Waals surface area contributed by atoms with Gasteiger partial charge in [-0.2, -0.15) is 0 Å². The van der Waals surface area contributed by atoms with Gasteiger partial charge in [-0.1, -0.05) is 27.7 Å². The molecule has 0 aromatic carbocycles. The fraction of sp³-hybridized carbons (Fsp3) is 0.733. The van der Waals surface area contributed by atoms with Gasteiger partial charge in [-0.05, 0) is 20.3 Å².